The highest BCUT2D eigenvalue weighted by Gasteiger charge is 2.29. The van der Waals surface area contributed by atoms with Crippen molar-refractivity contribution in [3.63, 3.8) is 0 Å². The van der Waals surface area contributed by atoms with Crippen molar-refractivity contribution in [3.05, 3.63) is 46.4 Å². The molecule has 0 saturated heterocycles. The molecule has 0 aliphatic carbocycles. The van der Waals surface area contributed by atoms with Crippen LogP contribution < -0.4 is 9.47 Å². The lowest BCUT2D eigenvalue weighted by atomic mass is 9.87. The number of carbonyl (C=O) groups excluding carboxylic acids is 1. The Morgan fingerprint density at radius 3 is 2.73 bits per heavy atom. The Bertz CT molecular complexity index is 1230. The topological polar surface area (TPSA) is 85.4 Å². The number of aromatic nitrogens is 1. The highest BCUT2D eigenvalue weighted by Crippen LogP contribution is 2.41. The second-order valence-electron chi connectivity index (χ2n) is 9.21. The average molecular weight is 514 g/mol. The van der Waals surface area contributed by atoms with Crippen LogP contribution in [0, 0.1) is 0 Å². The molecule has 1 aromatic heterocycles. The maximum absolute atomic E-state index is 12.8. The smallest absolute Gasteiger partial charge is 0.308 e. The Morgan fingerprint density at radius 1 is 1.21 bits per heavy atom. The monoisotopic (exact) mass is 513 g/mol. The Hall–Kier alpha value is -2.87. The van der Waals surface area contributed by atoms with E-state index >= 15 is 0 Å². The minimum Gasteiger partial charge on any atom is -0.493 e. The number of nitrogens with zero attached hydrogens (tertiary/aromatic N) is 3. The van der Waals surface area contributed by atoms with Gasteiger partial charge in [-0.25, -0.2) is 0 Å². The minimum absolute atomic E-state index is 0.00548. The van der Waals surface area contributed by atoms with E-state index in [1.165, 1.54) is 0 Å². The number of carbonyl (C=O) groups is 1. The predicted molar refractivity (Wildman–Crippen MR) is 131 cm³/mol. The molecule has 2 heterocycles. The number of benzene rings is 2. The van der Waals surface area contributed by atoms with E-state index in [2.05, 4.69) is 53.9 Å². The normalized spacial score (nSPS) is 16.0. The number of ether oxygens (including phenoxy) is 2. The van der Waals surface area contributed by atoms with Gasteiger partial charge in [-0.05, 0) is 47.7 Å². The summed E-state index contributed by atoms with van der Waals surface area (Å²) in [4.78, 5) is 12.8. The van der Waals surface area contributed by atoms with E-state index in [1.807, 2.05) is 36.4 Å². The summed E-state index contributed by atoms with van der Waals surface area (Å²) in [5.74, 6) is 0.551. The molecule has 3 aromatic rings. The number of aryl methyl sites for hydroxylation is 1. The van der Waals surface area contributed by atoms with Gasteiger partial charge in [-0.1, -0.05) is 56.1 Å². The van der Waals surface area contributed by atoms with Crippen LogP contribution in [0.3, 0.4) is 0 Å². The molecule has 1 aliphatic rings. The van der Waals surface area contributed by atoms with Crippen LogP contribution >= 0.6 is 15.9 Å². The van der Waals surface area contributed by atoms with Crippen molar-refractivity contribution in [1.29, 1.82) is 0 Å². The Kier molecular flexibility index (Phi) is 6.47. The van der Waals surface area contributed by atoms with Crippen LogP contribution in [-0.2, 0) is 16.8 Å². The summed E-state index contributed by atoms with van der Waals surface area (Å²) in [5, 5.41) is 19.6. The van der Waals surface area contributed by atoms with E-state index in [0.717, 1.165) is 33.8 Å². The van der Waals surface area contributed by atoms with Gasteiger partial charge in [0.25, 0.3) is 0 Å². The maximum atomic E-state index is 12.8. The number of fused-ring (bicyclic) bond motifs is 2. The van der Waals surface area contributed by atoms with Crippen LogP contribution in [0.25, 0.3) is 10.9 Å². The van der Waals surface area contributed by atoms with Gasteiger partial charge in [0, 0.05) is 16.4 Å². The predicted octanol–water partition coefficient (Wildman–Crippen LogP) is 6.66. The van der Waals surface area contributed by atoms with Crippen molar-refractivity contribution in [2.45, 2.75) is 58.6 Å². The molecule has 0 spiro atoms. The van der Waals surface area contributed by atoms with Gasteiger partial charge >= 0.3 is 5.91 Å². The van der Waals surface area contributed by atoms with Crippen LogP contribution in [0.1, 0.15) is 46.1 Å². The van der Waals surface area contributed by atoms with Crippen LogP contribution in [0.2, 0.25) is 0 Å². The minimum atomic E-state index is -0.904. The van der Waals surface area contributed by atoms with E-state index in [9.17, 15) is 9.90 Å². The van der Waals surface area contributed by atoms with Gasteiger partial charge in [-0.3, -0.25) is 4.79 Å². The fraction of sp³-hybridized carbons (Fsp3) is 0.400. The first-order valence-corrected chi connectivity index (χ1v) is 11.9. The third kappa shape index (κ3) is 4.76. The Labute approximate surface area is 201 Å². The van der Waals surface area contributed by atoms with E-state index < -0.39 is 12.0 Å². The van der Waals surface area contributed by atoms with Crippen molar-refractivity contribution in [3.8, 4) is 17.4 Å². The van der Waals surface area contributed by atoms with Crippen LogP contribution in [0.4, 0.5) is 5.69 Å². The third-order valence-electron chi connectivity index (χ3n) is 5.70. The molecular formula is C25H28BrN3O4. The zero-order valence-electron chi connectivity index (χ0n) is 19.3. The summed E-state index contributed by atoms with van der Waals surface area (Å²) in [6.45, 7) is 9.12. The maximum Gasteiger partial charge on any atom is 0.308 e. The second-order valence-corrected chi connectivity index (χ2v) is 10.1. The molecule has 0 radical (unpaired) electrons. The molecule has 33 heavy (non-hydrogen) atoms. The fourth-order valence-electron chi connectivity index (χ4n) is 3.76. The van der Waals surface area contributed by atoms with Gasteiger partial charge in [0.05, 0.1) is 5.52 Å². The lowest BCUT2D eigenvalue weighted by molar-refractivity contribution is -0.127. The molecule has 2 aromatic carbocycles. The Balaban J connectivity index is 1.59. The average Bonchev–Trinajstić information content (AvgIpc) is 3.04. The first kappa shape index (κ1) is 23.3. The molecule has 4 rings (SSSR count). The molecule has 0 saturated carbocycles. The molecule has 1 amide bonds. The number of hydrogen-bond donors (Lipinski definition) is 1. The van der Waals surface area contributed by atoms with E-state index in [-0.39, 0.29) is 23.6 Å². The molecule has 0 fully saturated rings. The van der Waals surface area contributed by atoms with Gasteiger partial charge < -0.3 is 19.1 Å². The summed E-state index contributed by atoms with van der Waals surface area (Å²) in [7, 11) is 0. The molecule has 0 unspecified atom stereocenters. The number of amides is 1. The largest absolute Gasteiger partial charge is 0.493 e. The van der Waals surface area contributed by atoms with Gasteiger partial charge in [-0.15, -0.1) is 10.2 Å². The molecule has 1 N–H and O–H groups in total. The molecule has 7 nitrogen and oxygen atoms in total. The first-order valence-electron chi connectivity index (χ1n) is 11.1. The number of unbranched alkanes of at least 4 members (excludes halogenated alkanes) is 1. The molecule has 174 valence electrons. The molecule has 1 aliphatic heterocycles. The first-order chi connectivity index (χ1) is 15.7. The lowest BCUT2D eigenvalue weighted by Crippen LogP contribution is -2.35. The van der Waals surface area contributed by atoms with Crippen molar-refractivity contribution in [2.75, 3.05) is 6.61 Å². The second kappa shape index (κ2) is 9.17. The summed E-state index contributed by atoms with van der Waals surface area (Å²) in [5.41, 5.74) is 2.12. The molecular weight excluding hydrogens is 486 g/mol. The number of azo groups is 1. The van der Waals surface area contributed by atoms with Gasteiger partial charge in [-0.2, -0.15) is 0 Å². The molecule has 8 heteroatoms. The van der Waals surface area contributed by atoms with Gasteiger partial charge in [0.15, 0.2) is 17.2 Å². The quantitative estimate of drug-likeness (QED) is 0.386. The van der Waals surface area contributed by atoms with Crippen LogP contribution in [0.15, 0.2) is 51.1 Å². The number of rotatable bonds is 5. The van der Waals surface area contributed by atoms with E-state index in [0.29, 0.717) is 18.0 Å². The number of halogens is 1. The molecule has 1 atom stereocenters. The SMILES string of the molecule is CCCCn1c(O)c(N=NC(=O)[C@H]2COc3ccc(C(C)(C)C)cc3O2)c2cc(Br)ccc21. The van der Waals surface area contributed by atoms with Crippen molar-refractivity contribution < 1.29 is 19.4 Å². The summed E-state index contributed by atoms with van der Waals surface area (Å²) >= 11 is 3.46. The van der Waals surface area contributed by atoms with Gasteiger partial charge in [0.2, 0.25) is 12.0 Å². The highest BCUT2D eigenvalue weighted by molar-refractivity contribution is 9.10. The third-order valence-corrected chi connectivity index (χ3v) is 6.19. The highest BCUT2D eigenvalue weighted by atomic mass is 79.9. The van der Waals surface area contributed by atoms with Crippen molar-refractivity contribution in [1.82, 2.24) is 4.57 Å². The molecule has 0 bridgehead atoms. The number of hydrogen-bond acceptors (Lipinski definition) is 5. The fourth-order valence-corrected chi connectivity index (χ4v) is 4.12. The van der Waals surface area contributed by atoms with Crippen molar-refractivity contribution >= 4 is 38.4 Å². The lowest BCUT2D eigenvalue weighted by Gasteiger charge is -2.27. The van der Waals surface area contributed by atoms with E-state index in [1.54, 1.807) is 4.57 Å². The standard InChI is InChI=1S/C25H28BrN3O4/c1-5-6-11-29-18-9-8-16(26)13-17(18)22(24(29)31)27-28-23(30)21-14-32-19-10-7-15(25(2,3)4)12-20(19)33-21/h7-10,12-13,21,31H,5-6,11,14H2,1-4H3/t21-/m1/s1. The van der Waals surface area contributed by atoms with Gasteiger partial charge in [0.1, 0.15) is 6.61 Å². The van der Waals surface area contributed by atoms with E-state index in [4.69, 9.17) is 9.47 Å². The zero-order valence-corrected chi connectivity index (χ0v) is 20.8. The zero-order chi connectivity index (χ0) is 23.8. The van der Waals surface area contributed by atoms with Crippen LogP contribution in [-0.4, -0.2) is 28.3 Å². The summed E-state index contributed by atoms with van der Waals surface area (Å²) in [6, 6.07) is 11.4. The number of aromatic hydroxyl groups is 1. The van der Waals surface area contributed by atoms with Crippen LogP contribution in [0.5, 0.6) is 17.4 Å². The summed E-state index contributed by atoms with van der Waals surface area (Å²) < 4.78 is 14.3. The summed E-state index contributed by atoms with van der Waals surface area (Å²) in [6.07, 6.45) is 0.993. The Morgan fingerprint density at radius 2 is 2.00 bits per heavy atom. The van der Waals surface area contributed by atoms with Crippen molar-refractivity contribution in [2.24, 2.45) is 10.2 Å².